The molecule has 0 heteroatoms. The summed E-state index contributed by atoms with van der Waals surface area (Å²) in [5, 5.41) is 0. The quantitative estimate of drug-likeness (QED) is 0.475. The van der Waals surface area contributed by atoms with E-state index in [1.807, 2.05) is 0 Å². The van der Waals surface area contributed by atoms with E-state index in [-0.39, 0.29) is 0 Å². The van der Waals surface area contributed by atoms with Gasteiger partial charge in [0.15, 0.2) is 0 Å². The molecule has 0 nitrogen and oxygen atoms in total. The highest BCUT2D eigenvalue weighted by molar-refractivity contribution is 5.20. The summed E-state index contributed by atoms with van der Waals surface area (Å²) < 4.78 is 0. The van der Waals surface area contributed by atoms with Gasteiger partial charge in [0.25, 0.3) is 0 Å². The summed E-state index contributed by atoms with van der Waals surface area (Å²) >= 11 is 0. The van der Waals surface area contributed by atoms with Gasteiger partial charge >= 0.3 is 0 Å². The van der Waals surface area contributed by atoms with E-state index in [1.54, 1.807) is 0 Å². The van der Waals surface area contributed by atoms with Gasteiger partial charge in [-0.25, -0.2) is 0 Å². The van der Waals surface area contributed by atoms with Crippen LogP contribution in [0.25, 0.3) is 0 Å². The second kappa shape index (κ2) is 2.76. The second-order valence-corrected chi connectivity index (χ2v) is 4.74. The van der Waals surface area contributed by atoms with Crippen molar-refractivity contribution < 1.29 is 0 Å². The molecule has 0 aromatic carbocycles. The molecule has 12 heavy (non-hydrogen) atoms. The summed E-state index contributed by atoms with van der Waals surface area (Å²) in [5.74, 6) is 0. The Hall–Kier alpha value is -0.520. The SMILES string of the molecule is C=C1CC(=C)CC2(CCCC2)C1. The smallest absolute Gasteiger partial charge is 0.0113 e. The van der Waals surface area contributed by atoms with Crippen LogP contribution >= 0.6 is 0 Å². The van der Waals surface area contributed by atoms with Crippen molar-refractivity contribution in [2.24, 2.45) is 5.41 Å². The monoisotopic (exact) mass is 162 g/mol. The van der Waals surface area contributed by atoms with Gasteiger partial charge in [0.2, 0.25) is 0 Å². The first-order chi connectivity index (χ1) is 5.70. The van der Waals surface area contributed by atoms with E-state index in [2.05, 4.69) is 13.2 Å². The minimum atomic E-state index is 0.617. The van der Waals surface area contributed by atoms with Crippen LogP contribution in [0.2, 0.25) is 0 Å². The predicted octanol–water partition coefficient (Wildman–Crippen LogP) is 3.84. The average molecular weight is 162 g/mol. The van der Waals surface area contributed by atoms with E-state index in [0.717, 1.165) is 6.42 Å². The lowest BCUT2D eigenvalue weighted by molar-refractivity contribution is 0.271. The van der Waals surface area contributed by atoms with Gasteiger partial charge in [0.05, 0.1) is 0 Å². The molecule has 2 aliphatic rings. The van der Waals surface area contributed by atoms with Gasteiger partial charge < -0.3 is 0 Å². The Morgan fingerprint density at radius 3 is 1.92 bits per heavy atom. The van der Waals surface area contributed by atoms with Crippen molar-refractivity contribution in [1.82, 2.24) is 0 Å². The third-order valence-electron chi connectivity index (χ3n) is 3.41. The van der Waals surface area contributed by atoms with Crippen molar-refractivity contribution in [3.05, 3.63) is 24.3 Å². The molecule has 66 valence electrons. The van der Waals surface area contributed by atoms with Crippen LogP contribution in [0.3, 0.4) is 0 Å². The number of rotatable bonds is 0. The van der Waals surface area contributed by atoms with Crippen LogP contribution in [0, 0.1) is 5.41 Å². The fraction of sp³-hybridized carbons (Fsp3) is 0.667. The molecule has 0 unspecified atom stereocenters. The van der Waals surface area contributed by atoms with Crippen molar-refractivity contribution in [3.8, 4) is 0 Å². The molecule has 0 atom stereocenters. The minimum Gasteiger partial charge on any atom is -0.0995 e. The van der Waals surface area contributed by atoms with Crippen molar-refractivity contribution in [2.45, 2.75) is 44.9 Å². The van der Waals surface area contributed by atoms with Gasteiger partial charge in [0.1, 0.15) is 0 Å². The number of hydrogen-bond acceptors (Lipinski definition) is 0. The number of hydrogen-bond donors (Lipinski definition) is 0. The Morgan fingerprint density at radius 2 is 1.42 bits per heavy atom. The molecule has 0 saturated heterocycles. The molecule has 0 heterocycles. The molecule has 0 N–H and O–H groups in total. The van der Waals surface area contributed by atoms with Gasteiger partial charge in [-0.1, -0.05) is 37.1 Å². The van der Waals surface area contributed by atoms with Crippen molar-refractivity contribution >= 4 is 0 Å². The molecule has 1 spiro atoms. The summed E-state index contributed by atoms with van der Waals surface area (Å²) in [6, 6.07) is 0. The van der Waals surface area contributed by atoms with Crippen molar-refractivity contribution in [1.29, 1.82) is 0 Å². The molecule has 0 amide bonds. The fourth-order valence-corrected chi connectivity index (χ4v) is 3.08. The molecule has 0 aromatic rings. The van der Waals surface area contributed by atoms with Crippen molar-refractivity contribution in [2.75, 3.05) is 0 Å². The molecular formula is C12H18. The summed E-state index contributed by atoms with van der Waals surface area (Å²) in [5.41, 5.74) is 3.47. The third kappa shape index (κ3) is 1.35. The highest BCUT2D eigenvalue weighted by Crippen LogP contribution is 2.51. The number of allylic oxidation sites excluding steroid dienone is 2. The van der Waals surface area contributed by atoms with Gasteiger partial charge in [-0.3, -0.25) is 0 Å². The Labute approximate surface area is 75.4 Å². The zero-order valence-corrected chi connectivity index (χ0v) is 7.86. The second-order valence-electron chi connectivity index (χ2n) is 4.74. The molecular weight excluding hydrogens is 144 g/mol. The standard InChI is InChI=1S/C12H18/c1-10-7-11(2)9-12(8-10)5-3-4-6-12/h1-9H2. The van der Waals surface area contributed by atoms with E-state index in [9.17, 15) is 0 Å². The minimum absolute atomic E-state index is 0.617. The van der Waals surface area contributed by atoms with Gasteiger partial charge in [0, 0.05) is 0 Å². The van der Waals surface area contributed by atoms with E-state index < -0.39 is 0 Å². The molecule has 0 aliphatic heterocycles. The van der Waals surface area contributed by atoms with Crippen LogP contribution in [0.4, 0.5) is 0 Å². The van der Waals surface area contributed by atoms with Crippen LogP contribution < -0.4 is 0 Å². The Bertz CT molecular complexity index is 198. The maximum atomic E-state index is 4.12. The first-order valence-corrected chi connectivity index (χ1v) is 5.04. The normalized spacial score (nSPS) is 28.3. The van der Waals surface area contributed by atoms with Crippen molar-refractivity contribution in [3.63, 3.8) is 0 Å². The largest absolute Gasteiger partial charge is 0.0995 e. The highest BCUT2D eigenvalue weighted by atomic mass is 14.4. The summed E-state index contributed by atoms with van der Waals surface area (Å²) in [4.78, 5) is 0. The van der Waals surface area contributed by atoms with Crippen LogP contribution in [0.15, 0.2) is 24.3 Å². The summed E-state index contributed by atoms with van der Waals surface area (Å²) in [7, 11) is 0. The maximum Gasteiger partial charge on any atom is -0.0113 e. The van der Waals surface area contributed by atoms with E-state index in [1.165, 1.54) is 49.7 Å². The zero-order valence-electron chi connectivity index (χ0n) is 7.86. The first kappa shape index (κ1) is 8.10. The van der Waals surface area contributed by atoms with Crippen LogP contribution in [-0.4, -0.2) is 0 Å². The Kier molecular flexibility index (Phi) is 1.86. The molecule has 0 bridgehead atoms. The van der Waals surface area contributed by atoms with Gasteiger partial charge in [-0.05, 0) is 37.5 Å². The van der Waals surface area contributed by atoms with Crippen LogP contribution in [0.5, 0.6) is 0 Å². The lowest BCUT2D eigenvalue weighted by atomic mass is 9.70. The van der Waals surface area contributed by atoms with Crippen LogP contribution in [-0.2, 0) is 0 Å². The lowest BCUT2D eigenvalue weighted by Gasteiger charge is -2.35. The predicted molar refractivity (Wildman–Crippen MR) is 53.0 cm³/mol. The first-order valence-electron chi connectivity index (χ1n) is 5.04. The van der Waals surface area contributed by atoms with E-state index in [4.69, 9.17) is 0 Å². The van der Waals surface area contributed by atoms with E-state index >= 15 is 0 Å². The lowest BCUT2D eigenvalue weighted by Crippen LogP contribution is -2.22. The van der Waals surface area contributed by atoms with E-state index in [0.29, 0.717) is 5.41 Å². The Balaban J connectivity index is 2.14. The Morgan fingerprint density at radius 1 is 0.917 bits per heavy atom. The maximum absolute atomic E-state index is 4.12. The molecule has 2 aliphatic carbocycles. The van der Waals surface area contributed by atoms with Crippen LogP contribution in [0.1, 0.15) is 44.9 Å². The third-order valence-corrected chi connectivity index (χ3v) is 3.41. The molecule has 0 aromatic heterocycles. The summed E-state index contributed by atoms with van der Waals surface area (Å²) in [6.07, 6.45) is 9.37. The topological polar surface area (TPSA) is 0 Å². The molecule has 0 radical (unpaired) electrons. The van der Waals surface area contributed by atoms with Gasteiger partial charge in [-0.2, -0.15) is 0 Å². The highest BCUT2D eigenvalue weighted by Gasteiger charge is 2.37. The molecule has 2 rings (SSSR count). The summed E-state index contributed by atoms with van der Waals surface area (Å²) in [6.45, 7) is 8.25. The fourth-order valence-electron chi connectivity index (χ4n) is 3.08. The molecule has 2 fully saturated rings. The molecule has 2 saturated carbocycles. The zero-order chi connectivity index (χ0) is 8.60. The van der Waals surface area contributed by atoms with Gasteiger partial charge in [-0.15, -0.1) is 0 Å². The average Bonchev–Trinajstić information content (AvgIpc) is 2.33.